The molecule has 2 amide bonds. The van der Waals surface area contributed by atoms with E-state index in [0.717, 1.165) is 37.9 Å². The molecule has 28 heavy (non-hydrogen) atoms. The van der Waals surface area contributed by atoms with E-state index in [1.807, 2.05) is 41.3 Å². The highest BCUT2D eigenvalue weighted by Gasteiger charge is 2.31. The van der Waals surface area contributed by atoms with E-state index >= 15 is 0 Å². The third-order valence-corrected chi connectivity index (χ3v) is 5.58. The van der Waals surface area contributed by atoms with Crippen molar-refractivity contribution in [2.24, 2.45) is 11.7 Å². The van der Waals surface area contributed by atoms with Gasteiger partial charge in [0.25, 0.3) is 0 Å². The van der Waals surface area contributed by atoms with Crippen molar-refractivity contribution in [3.05, 3.63) is 71.8 Å². The first-order valence-electron chi connectivity index (χ1n) is 9.91. The Hall–Kier alpha value is -2.66. The zero-order valence-corrected chi connectivity index (χ0v) is 16.4. The van der Waals surface area contributed by atoms with Crippen LogP contribution in [0, 0.1) is 5.92 Å². The molecule has 2 aromatic carbocycles. The SMILES string of the molecule is CC(N)(C(=O)NCC(=O)N1CCC(Cc2ccccc2)CC1)c1ccccc1. The smallest absolute Gasteiger partial charge is 0.244 e. The van der Waals surface area contributed by atoms with E-state index in [9.17, 15) is 9.59 Å². The average molecular weight is 380 g/mol. The van der Waals surface area contributed by atoms with Gasteiger partial charge in [-0.3, -0.25) is 9.59 Å². The maximum absolute atomic E-state index is 12.5. The van der Waals surface area contributed by atoms with Crippen LogP contribution >= 0.6 is 0 Å². The van der Waals surface area contributed by atoms with Gasteiger partial charge >= 0.3 is 0 Å². The Balaban J connectivity index is 1.45. The summed E-state index contributed by atoms with van der Waals surface area (Å²) in [5, 5.41) is 2.71. The summed E-state index contributed by atoms with van der Waals surface area (Å²) in [5.74, 6) is 0.216. The van der Waals surface area contributed by atoms with Gasteiger partial charge in [0.05, 0.1) is 6.54 Å². The minimum absolute atomic E-state index is 0.0121. The summed E-state index contributed by atoms with van der Waals surface area (Å²) in [5.41, 5.74) is 7.11. The van der Waals surface area contributed by atoms with Crippen molar-refractivity contribution in [1.29, 1.82) is 0 Å². The van der Waals surface area contributed by atoms with Crippen LogP contribution in [0.5, 0.6) is 0 Å². The van der Waals surface area contributed by atoms with Crippen LogP contribution in [-0.4, -0.2) is 36.3 Å². The van der Waals surface area contributed by atoms with E-state index in [1.54, 1.807) is 6.92 Å². The first-order valence-corrected chi connectivity index (χ1v) is 9.91. The van der Waals surface area contributed by atoms with Gasteiger partial charge in [-0.1, -0.05) is 60.7 Å². The number of likely N-dealkylation sites (tertiary alicyclic amines) is 1. The van der Waals surface area contributed by atoms with Crippen LogP contribution in [0.4, 0.5) is 0 Å². The fourth-order valence-corrected chi connectivity index (χ4v) is 3.70. The molecule has 0 aromatic heterocycles. The zero-order chi connectivity index (χ0) is 20.0. The lowest BCUT2D eigenvalue weighted by atomic mass is 9.90. The Morgan fingerprint density at radius 1 is 1.04 bits per heavy atom. The van der Waals surface area contributed by atoms with Gasteiger partial charge in [-0.2, -0.15) is 0 Å². The van der Waals surface area contributed by atoms with Gasteiger partial charge in [-0.25, -0.2) is 0 Å². The Bertz CT molecular complexity index is 782. The number of hydrogen-bond donors (Lipinski definition) is 2. The lowest BCUT2D eigenvalue weighted by molar-refractivity contribution is -0.135. The highest BCUT2D eigenvalue weighted by molar-refractivity contribution is 5.90. The first-order chi connectivity index (χ1) is 13.5. The maximum Gasteiger partial charge on any atom is 0.244 e. The Kier molecular flexibility index (Phi) is 6.47. The average Bonchev–Trinajstić information content (AvgIpc) is 2.73. The summed E-state index contributed by atoms with van der Waals surface area (Å²) >= 11 is 0. The van der Waals surface area contributed by atoms with Crippen molar-refractivity contribution in [2.75, 3.05) is 19.6 Å². The molecule has 1 saturated heterocycles. The van der Waals surface area contributed by atoms with Crippen LogP contribution in [0.1, 0.15) is 30.9 Å². The van der Waals surface area contributed by atoms with Gasteiger partial charge in [-0.05, 0) is 43.2 Å². The van der Waals surface area contributed by atoms with Gasteiger partial charge in [0.1, 0.15) is 5.54 Å². The number of nitrogens with one attached hydrogen (secondary N) is 1. The van der Waals surface area contributed by atoms with Crippen LogP contribution in [0.2, 0.25) is 0 Å². The number of nitrogens with two attached hydrogens (primary N) is 1. The summed E-state index contributed by atoms with van der Waals surface area (Å²) in [7, 11) is 0. The molecule has 3 N–H and O–H groups in total. The number of carbonyl (C=O) groups excluding carboxylic acids is 2. The molecule has 5 nitrogen and oxygen atoms in total. The molecule has 1 aliphatic heterocycles. The number of rotatable bonds is 6. The second-order valence-electron chi connectivity index (χ2n) is 7.76. The molecular weight excluding hydrogens is 350 g/mol. The number of piperidine rings is 1. The molecule has 2 aromatic rings. The molecule has 0 radical (unpaired) electrons. The molecule has 1 fully saturated rings. The molecular formula is C23H29N3O2. The van der Waals surface area contributed by atoms with Crippen molar-refractivity contribution in [3.63, 3.8) is 0 Å². The second kappa shape index (κ2) is 9.02. The molecule has 0 bridgehead atoms. The Labute approximate surface area is 166 Å². The van der Waals surface area contributed by atoms with E-state index < -0.39 is 5.54 Å². The zero-order valence-electron chi connectivity index (χ0n) is 16.4. The van der Waals surface area contributed by atoms with Gasteiger partial charge in [0, 0.05) is 13.1 Å². The molecule has 1 unspecified atom stereocenters. The van der Waals surface area contributed by atoms with Gasteiger partial charge < -0.3 is 16.0 Å². The number of amides is 2. The van der Waals surface area contributed by atoms with Crippen LogP contribution in [-0.2, 0) is 21.5 Å². The molecule has 0 saturated carbocycles. The summed E-state index contributed by atoms with van der Waals surface area (Å²) in [6.45, 7) is 3.13. The quantitative estimate of drug-likeness (QED) is 0.810. The molecule has 148 valence electrons. The molecule has 0 aliphatic carbocycles. The number of carbonyl (C=O) groups is 2. The second-order valence-corrected chi connectivity index (χ2v) is 7.76. The van der Waals surface area contributed by atoms with E-state index in [4.69, 9.17) is 5.73 Å². The van der Waals surface area contributed by atoms with Crippen molar-refractivity contribution in [2.45, 2.75) is 31.7 Å². The van der Waals surface area contributed by atoms with E-state index in [0.29, 0.717) is 5.92 Å². The van der Waals surface area contributed by atoms with Crippen molar-refractivity contribution >= 4 is 11.8 Å². The minimum Gasteiger partial charge on any atom is -0.345 e. The third kappa shape index (κ3) is 4.98. The molecule has 0 spiro atoms. The Morgan fingerprint density at radius 2 is 1.61 bits per heavy atom. The van der Waals surface area contributed by atoms with Crippen molar-refractivity contribution < 1.29 is 9.59 Å². The van der Waals surface area contributed by atoms with E-state index in [-0.39, 0.29) is 18.4 Å². The van der Waals surface area contributed by atoms with Crippen molar-refractivity contribution in [3.8, 4) is 0 Å². The summed E-state index contributed by atoms with van der Waals surface area (Å²) < 4.78 is 0. The predicted octanol–water partition coefficient (Wildman–Crippen LogP) is 2.46. The fourth-order valence-electron chi connectivity index (χ4n) is 3.70. The normalized spacial score (nSPS) is 17.0. The molecule has 1 atom stereocenters. The standard InChI is InChI=1S/C23H29N3O2/c1-23(24,20-10-6-3-7-11-20)22(28)25-17-21(27)26-14-12-19(13-15-26)16-18-8-4-2-5-9-18/h2-11,19H,12-17,24H2,1H3,(H,25,28). The molecule has 1 heterocycles. The molecule has 1 aliphatic rings. The topological polar surface area (TPSA) is 75.4 Å². The largest absolute Gasteiger partial charge is 0.345 e. The summed E-state index contributed by atoms with van der Waals surface area (Å²) in [4.78, 5) is 26.8. The number of nitrogens with zero attached hydrogens (tertiary/aromatic N) is 1. The monoisotopic (exact) mass is 379 g/mol. The Morgan fingerprint density at radius 3 is 2.21 bits per heavy atom. The van der Waals surface area contributed by atoms with Gasteiger partial charge in [-0.15, -0.1) is 0 Å². The molecule has 3 rings (SSSR count). The van der Waals surface area contributed by atoms with Crippen LogP contribution in [0.25, 0.3) is 0 Å². The lowest BCUT2D eigenvalue weighted by Gasteiger charge is -2.32. The van der Waals surface area contributed by atoms with Gasteiger partial charge in [0.2, 0.25) is 11.8 Å². The third-order valence-electron chi connectivity index (χ3n) is 5.58. The minimum atomic E-state index is -1.16. The van der Waals surface area contributed by atoms with Crippen molar-refractivity contribution in [1.82, 2.24) is 10.2 Å². The van der Waals surface area contributed by atoms with Gasteiger partial charge in [0.15, 0.2) is 0 Å². The molecule has 5 heteroatoms. The highest BCUT2D eigenvalue weighted by atomic mass is 16.2. The lowest BCUT2D eigenvalue weighted by Crippen LogP contribution is -2.52. The fraction of sp³-hybridized carbons (Fsp3) is 0.391. The maximum atomic E-state index is 12.5. The van der Waals surface area contributed by atoms with E-state index in [2.05, 4.69) is 29.6 Å². The number of benzene rings is 2. The van der Waals surface area contributed by atoms with Crippen LogP contribution in [0.3, 0.4) is 0 Å². The predicted molar refractivity (Wildman–Crippen MR) is 110 cm³/mol. The summed E-state index contributed by atoms with van der Waals surface area (Å²) in [6.07, 6.45) is 3.04. The number of hydrogen-bond acceptors (Lipinski definition) is 3. The van der Waals surface area contributed by atoms with E-state index in [1.165, 1.54) is 5.56 Å². The summed E-state index contributed by atoms with van der Waals surface area (Å²) in [6, 6.07) is 19.7. The first kappa shape index (κ1) is 20.1. The van der Waals surface area contributed by atoms with Crippen LogP contribution in [0.15, 0.2) is 60.7 Å². The van der Waals surface area contributed by atoms with Crippen LogP contribution < -0.4 is 11.1 Å². The highest BCUT2D eigenvalue weighted by Crippen LogP contribution is 2.22.